The van der Waals surface area contributed by atoms with Crippen molar-refractivity contribution in [2.75, 3.05) is 20.1 Å². The normalized spacial score (nSPS) is 19.6. The Morgan fingerprint density at radius 3 is 2.32 bits per heavy atom. The summed E-state index contributed by atoms with van der Waals surface area (Å²) in [5.74, 6) is 0.0153. The van der Waals surface area contributed by atoms with Gasteiger partial charge < -0.3 is 10.2 Å². The largest absolute Gasteiger partial charge is 0.416 e. The van der Waals surface area contributed by atoms with Crippen LogP contribution in [0.1, 0.15) is 51.0 Å². The summed E-state index contributed by atoms with van der Waals surface area (Å²) in [6.45, 7) is 2.88. The van der Waals surface area contributed by atoms with Crippen LogP contribution in [0, 0.1) is 0 Å². The molecule has 0 aromatic heterocycles. The van der Waals surface area contributed by atoms with Crippen molar-refractivity contribution in [1.29, 1.82) is 0 Å². The Bertz CT molecular complexity index is 879. The molecule has 0 radical (unpaired) electrons. The number of alkyl halides is 3. The monoisotopic (exact) mass is 461 g/mol. The Hall–Kier alpha value is -1.65. The number of nitrogens with zero attached hydrogens (tertiary/aromatic N) is 2. The van der Waals surface area contributed by atoms with Gasteiger partial charge in [-0.3, -0.25) is 4.79 Å². The zero-order valence-corrected chi connectivity index (χ0v) is 18.7. The van der Waals surface area contributed by atoms with Crippen LogP contribution >= 0.6 is 0 Å². The van der Waals surface area contributed by atoms with E-state index in [0.29, 0.717) is 44.8 Å². The van der Waals surface area contributed by atoms with E-state index >= 15 is 0 Å². The lowest BCUT2D eigenvalue weighted by Crippen LogP contribution is -2.53. The third-order valence-electron chi connectivity index (χ3n) is 6.00. The lowest BCUT2D eigenvalue weighted by atomic mass is 10.0. The van der Waals surface area contributed by atoms with E-state index in [1.165, 1.54) is 10.4 Å². The van der Waals surface area contributed by atoms with Crippen LogP contribution in [0.4, 0.5) is 13.2 Å². The van der Waals surface area contributed by atoms with Gasteiger partial charge in [0, 0.05) is 25.2 Å². The Labute approximate surface area is 181 Å². The first-order valence-corrected chi connectivity index (χ1v) is 12.2. The number of carbonyl (C=O) groups excluding carboxylic acids is 1. The van der Waals surface area contributed by atoms with E-state index in [-0.39, 0.29) is 28.9 Å². The molecule has 10 heteroatoms. The van der Waals surface area contributed by atoms with Crippen molar-refractivity contribution in [3.8, 4) is 0 Å². The number of nitrogens with one attached hydrogen (secondary N) is 1. The van der Waals surface area contributed by atoms with Crippen LogP contribution in [-0.2, 0) is 21.0 Å². The highest BCUT2D eigenvalue weighted by atomic mass is 32.2. The highest BCUT2D eigenvalue weighted by molar-refractivity contribution is 7.89. The minimum absolute atomic E-state index is 0.0153. The molecule has 1 heterocycles. The number of hydrogen-bond acceptors (Lipinski definition) is 4. The van der Waals surface area contributed by atoms with Gasteiger partial charge in [-0.05, 0) is 57.4 Å². The number of carbonyl (C=O) groups is 1. The standard InChI is InChI=1S/C21H30F3N3O3S/c1-3-5-19(25-2)20(28)26-12-10-17(11-13-26)27(16-8-9-16)31(29,30)18-7-4-6-15(14-18)21(22,23)24/h4,6-7,14,16-17,19,25H,3,5,8-13H2,1-2H3/t19-/m0/s1. The fraction of sp³-hybridized carbons (Fsp3) is 0.667. The van der Waals surface area contributed by atoms with Crippen LogP contribution in [0.15, 0.2) is 29.2 Å². The maximum atomic E-state index is 13.3. The molecule has 1 aliphatic carbocycles. The number of amides is 1. The molecule has 2 aliphatic rings. The molecule has 0 spiro atoms. The SMILES string of the molecule is CCC[C@H](NC)C(=O)N1CCC(N(C2CC2)S(=O)(=O)c2cccc(C(F)(F)F)c2)CC1. The molecular weight excluding hydrogens is 431 g/mol. The van der Waals surface area contributed by atoms with E-state index in [1.54, 1.807) is 11.9 Å². The molecule has 1 saturated heterocycles. The van der Waals surface area contributed by atoms with Crippen molar-refractivity contribution in [3.63, 3.8) is 0 Å². The lowest BCUT2D eigenvalue weighted by molar-refractivity contribution is -0.137. The predicted octanol–water partition coefficient (Wildman–Crippen LogP) is 3.24. The number of likely N-dealkylation sites (N-methyl/N-ethyl adjacent to an activating group) is 1. The molecule has 1 N–H and O–H groups in total. The van der Waals surface area contributed by atoms with Crippen LogP contribution in [0.3, 0.4) is 0 Å². The van der Waals surface area contributed by atoms with Gasteiger partial charge in [0.2, 0.25) is 15.9 Å². The second-order valence-electron chi connectivity index (χ2n) is 8.28. The van der Waals surface area contributed by atoms with E-state index in [2.05, 4.69) is 5.32 Å². The van der Waals surface area contributed by atoms with Crippen LogP contribution < -0.4 is 5.32 Å². The summed E-state index contributed by atoms with van der Waals surface area (Å²) in [5, 5.41) is 3.04. The first-order valence-electron chi connectivity index (χ1n) is 10.8. The molecule has 1 atom stereocenters. The van der Waals surface area contributed by atoms with Crippen LogP contribution in [0.5, 0.6) is 0 Å². The quantitative estimate of drug-likeness (QED) is 0.645. The number of sulfonamides is 1. The smallest absolute Gasteiger partial charge is 0.341 e. The predicted molar refractivity (Wildman–Crippen MR) is 111 cm³/mol. The van der Waals surface area contributed by atoms with Crippen molar-refractivity contribution >= 4 is 15.9 Å². The average molecular weight is 462 g/mol. The number of likely N-dealkylation sites (tertiary alicyclic amines) is 1. The lowest BCUT2D eigenvalue weighted by Gasteiger charge is -2.39. The molecule has 0 unspecified atom stereocenters. The van der Waals surface area contributed by atoms with Gasteiger partial charge in [0.1, 0.15) is 0 Å². The Kier molecular flexibility index (Phi) is 7.32. The van der Waals surface area contributed by atoms with E-state index in [9.17, 15) is 26.4 Å². The summed E-state index contributed by atoms with van der Waals surface area (Å²) in [7, 11) is -2.32. The number of hydrogen-bond donors (Lipinski definition) is 1. The Balaban J connectivity index is 1.76. The number of halogens is 3. The summed E-state index contributed by atoms with van der Waals surface area (Å²) < 4.78 is 67.3. The maximum Gasteiger partial charge on any atom is 0.416 e. The first-order chi connectivity index (χ1) is 14.6. The highest BCUT2D eigenvalue weighted by Gasteiger charge is 2.44. The number of rotatable bonds is 8. The van der Waals surface area contributed by atoms with Crippen LogP contribution in [0.25, 0.3) is 0 Å². The first kappa shape index (κ1) is 24.0. The average Bonchev–Trinajstić information content (AvgIpc) is 3.56. The van der Waals surface area contributed by atoms with E-state index in [1.807, 2.05) is 6.92 Å². The molecule has 1 aliphatic heterocycles. The molecule has 1 aromatic rings. The number of benzene rings is 1. The van der Waals surface area contributed by atoms with E-state index in [0.717, 1.165) is 25.0 Å². The van der Waals surface area contributed by atoms with Gasteiger partial charge in [-0.2, -0.15) is 17.5 Å². The fourth-order valence-corrected chi connectivity index (χ4v) is 6.19. The summed E-state index contributed by atoms with van der Waals surface area (Å²) in [5.41, 5.74) is -0.973. The second-order valence-corrected chi connectivity index (χ2v) is 10.1. The van der Waals surface area contributed by atoms with Crippen LogP contribution in [-0.4, -0.2) is 61.8 Å². The molecule has 31 heavy (non-hydrogen) atoms. The summed E-state index contributed by atoms with van der Waals surface area (Å²) >= 11 is 0. The Morgan fingerprint density at radius 1 is 1.19 bits per heavy atom. The van der Waals surface area contributed by atoms with Gasteiger partial charge in [0.05, 0.1) is 16.5 Å². The molecule has 174 valence electrons. The third-order valence-corrected chi connectivity index (χ3v) is 8.00. The zero-order chi connectivity index (χ0) is 22.8. The minimum Gasteiger partial charge on any atom is -0.341 e. The minimum atomic E-state index is -4.61. The van der Waals surface area contributed by atoms with Gasteiger partial charge in [-0.1, -0.05) is 19.4 Å². The molecule has 2 fully saturated rings. The summed E-state index contributed by atoms with van der Waals surface area (Å²) in [4.78, 5) is 14.1. The topological polar surface area (TPSA) is 69.7 Å². The molecule has 1 amide bonds. The van der Waals surface area contributed by atoms with Gasteiger partial charge in [0.25, 0.3) is 0 Å². The third kappa shape index (κ3) is 5.40. The van der Waals surface area contributed by atoms with Crippen molar-refractivity contribution in [3.05, 3.63) is 29.8 Å². The van der Waals surface area contributed by atoms with Crippen molar-refractivity contribution in [2.24, 2.45) is 0 Å². The second kappa shape index (κ2) is 9.46. The van der Waals surface area contributed by atoms with E-state index in [4.69, 9.17) is 0 Å². The van der Waals surface area contributed by atoms with Gasteiger partial charge in [-0.15, -0.1) is 0 Å². The van der Waals surface area contributed by atoms with Gasteiger partial charge in [-0.25, -0.2) is 8.42 Å². The molecule has 1 saturated carbocycles. The molecule has 0 bridgehead atoms. The van der Waals surface area contributed by atoms with Crippen molar-refractivity contribution in [1.82, 2.24) is 14.5 Å². The fourth-order valence-electron chi connectivity index (χ4n) is 4.22. The van der Waals surface area contributed by atoms with Crippen molar-refractivity contribution in [2.45, 2.75) is 74.6 Å². The van der Waals surface area contributed by atoms with Gasteiger partial charge >= 0.3 is 6.18 Å². The van der Waals surface area contributed by atoms with E-state index < -0.39 is 21.8 Å². The summed E-state index contributed by atoms with van der Waals surface area (Å²) in [6, 6.07) is 3.18. The highest BCUT2D eigenvalue weighted by Crippen LogP contribution is 2.38. The number of piperidine rings is 1. The Morgan fingerprint density at radius 2 is 1.81 bits per heavy atom. The van der Waals surface area contributed by atoms with Gasteiger partial charge in [0.15, 0.2) is 0 Å². The summed E-state index contributed by atoms with van der Waals surface area (Å²) in [6.07, 6.45) is -0.646. The van der Waals surface area contributed by atoms with Crippen LogP contribution in [0.2, 0.25) is 0 Å². The van der Waals surface area contributed by atoms with Crippen molar-refractivity contribution < 1.29 is 26.4 Å². The molecule has 3 rings (SSSR count). The zero-order valence-electron chi connectivity index (χ0n) is 17.9. The molecular formula is C21H30F3N3O3S. The maximum absolute atomic E-state index is 13.3. The molecule has 1 aromatic carbocycles. The molecule has 6 nitrogen and oxygen atoms in total.